The van der Waals surface area contributed by atoms with E-state index >= 15 is 0 Å². The van der Waals surface area contributed by atoms with Gasteiger partial charge in [-0.05, 0) is 24.0 Å². The SMILES string of the molecule is CC(C)(C)CCNc1nc(C(=O)O)nc2ccccc12. The van der Waals surface area contributed by atoms with Gasteiger partial charge in [0.15, 0.2) is 0 Å². The Morgan fingerprint density at radius 2 is 1.95 bits per heavy atom. The van der Waals surface area contributed by atoms with E-state index < -0.39 is 5.97 Å². The second-order valence-corrected chi connectivity index (χ2v) is 5.96. The number of carboxylic acid groups (broad SMARTS) is 1. The summed E-state index contributed by atoms with van der Waals surface area (Å²) in [5, 5.41) is 13.1. The van der Waals surface area contributed by atoms with Crippen LogP contribution in [-0.2, 0) is 0 Å². The topological polar surface area (TPSA) is 75.1 Å². The summed E-state index contributed by atoms with van der Waals surface area (Å²) in [5.41, 5.74) is 0.851. The molecule has 0 unspecified atom stereocenters. The molecule has 0 bridgehead atoms. The fraction of sp³-hybridized carbons (Fsp3) is 0.400. The van der Waals surface area contributed by atoms with E-state index in [1.165, 1.54) is 0 Å². The number of carbonyl (C=O) groups is 1. The first-order valence-corrected chi connectivity index (χ1v) is 6.61. The molecule has 20 heavy (non-hydrogen) atoms. The maximum atomic E-state index is 11.1. The first-order valence-electron chi connectivity index (χ1n) is 6.61. The molecule has 1 heterocycles. The van der Waals surface area contributed by atoms with Gasteiger partial charge in [0.05, 0.1) is 5.52 Å². The lowest BCUT2D eigenvalue weighted by Gasteiger charge is -2.18. The lowest BCUT2D eigenvalue weighted by atomic mass is 9.92. The first-order chi connectivity index (χ1) is 9.37. The van der Waals surface area contributed by atoms with Gasteiger partial charge in [-0.1, -0.05) is 32.9 Å². The highest BCUT2D eigenvalue weighted by molar-refractivity contribution is 5.93. The smallest absolute Gasteiger partial charge is 0.374 e. The molecule has 0 amide bonds. The lowest BCUT2D eigenvalue weighted by Crippen LogP contribution is -2.15. The van der Waals surface area contributed by atoms with Gasteiger partial charge in [-0.15, -0.1) is 0 Å². The van der Waals surface area contributed by atoms with Gasteiger partial charge in [0.25, 0.3) is 0 Å². The Hall–Kier alpha value is -2.17. The van der Waals surface area contributed by atoms with Crippen LogP contribution in [0.2, 0.25) is 0 Å². The van der Waals surface area contributed by atoms with Crippen LogP contribution >= 0.6 is 0 Å². The molecule has 0 radical (unpaired) electrons. The van der Waals surface area contributed by atoms with Crippen molar-refractivity contribution in [3.05, 3.63) is 30.1 Å². The normalized spacial score (nSPS) is 11.6. The number of aromatic nitrogens is 2. The third-order valence-electron chi connectivity index (χ3n) is 2.96. The van der Waals surface area contributed by atoms with Crippen LogP contribution in [0.4, 0.5) is 5.82 Å². The highest BCUT2D eigenvalue weighted by atomic mass is 16.4. The van der Waals surface area contributed by atoms with E-state index in [1.807, 2.05) is 18.2 Å². The van der Waals surface area contributed by atoms with Crippen LogP contribution in [-0.4, -0.2) is 27.6 Å². The molecule has 0 aliphatic heterocycles. The van der Waals surface area contributed by atoms with Gasteiger partial charge in [-0.2, -0.15) is 0 Å². The van der Waals surface area contributed by atoms with Gasteiger partial charge >= 0.3 is 5.97 Å². The minimum Gasteiger partial charge on any atom is -0.475 e. The van der Waals surface area contributed by atoms with Crippen molar-refractivity contribution < 1.29 is 9.90 Å². The third-order valence-corrected chi connectivity index (χ3v) is 2.96. The quantitative estimate of drug-likeness (QED) is 0.894. The summed E-state index contributed by atoms with van der Waals surface area (Å²) in [6.07, 6.45) is 0.966. The Balaban J connectivity index is 2.32. The Bertz CT molecular complexity index is 633. The molecule has 2 N–H and O–H groups in total. The standard InChI is InChI=1S/C15H19N3O2/c1-15(2,3)8-9-16-12-10-6-4-5-7-11(10)17-13(18-12)14(19)20/h4-7H,8-9H2,1-3H3,(H,19,20)(H,16,17,18). The maximum absolute atomic E-state index is 11.1. The summed E-state index contributed by atoms with van der Waals surface area (Å²) in [6, 6.07) is 7.40. The van der Waals surface area contributed by atoms with Crippen LogP contribution in [0.1, 0.15) is 37.8 Å². The third kappa shape index (κ3) is 3.44. The minimum atomic E-state index is -1.12. The second kappa shape index (κ2) is 5.45. The number of para-hydroxylation sites is 1. The number of benzene rings is 1. The number of nitrogens with zero attached hydrogens (tertiary/aromatic N) is 2. The average Bonchev–Trinajstić information content (AvgIpc) is 2.36. The summed E-state index contributed by atoms with van der Waals surface area (Å²) >= 11 is 0. The number of nitrogens with one attached hydrogen (secondary N) is 1. The fourth-order valence-electron chi connectivity index (χ4n) is 1.86. The van der Waals surface area contributed by atoms with Gasteiger partial charge in [0.2, 0.25) is 5.82 Å². The monoisotopic (exact) mass is 273 g/mol. The van der Waals surface area contributed by atoms with E-state index in [0.29, 0.717) is 11.3 Å². The van der Waals surface area contributed by atoms with Crippen LogP contribution in [0.25, 0.3) is 10.9 Å². The van der Waals surface area contributed by atoms with Gasteiger partial charge in [-0.3, -0.25) is 0 Å². The van der Waals surface area contributed by atoms with Crippen molar-refractivity contribution in [2.24, 2.45) is 5.41 Å². The molecule has 0 aliphatic carbocycles. The minimum absolute atomic E-state index is 0.179. The largest absolute Gasteiger partial charge is 0.475 e. The molecule has 1 aromatic heterocycles. The Morgan fingerprint density at radius 1 is 1.25 bits per heavy atom. The summed E-state index contributed by atoms with van der Waals surface area (Å²) in [4.78, 5) is 19.2. The van der Waals surface area contributed by atoms with E-state index in [-0.39, 0.29) is 11.2 Å². The fourth-order valence-corrected chi connectivity index (χ4v) is 1.86. The van der Waals surface area contributed by atoms with Crippen molar-refractivity contribution >= 4 is 22.7 Å². The number of hydrogen-bond donors (Lipinski definition) is 2. The zero-order chi connectivity index (χ0) is 14.8. The molecule has 2 rings (SSSR count). The second-order valence-electron chi connectivity index (χ2n) is 5.96. The zero-order valence-electron chi connectivity index (χ0n) is 12.0. The van der Waals surface area contributed by atoms with E-state index in [9.17, 15) is 4.79 Å². The number of anilines is 1. The van der Waals surface area contributed by atoms with Crippen LogP contribution in [0.15, 0.2) is 24.3 Å². The van der Waals surface area contributed by atoms with E-state index in [1.54, 1.807) is 6.07 Å². The highest BCUT2D eigenvalue weighted by Gasteiger charge is 2.14. The first kappa shape index (κ1) is 14.2. The predicted molar refractivity (Wildman–Crippen MR) is 79.1 cm³/mol. The van der Waals surface area contributed by atoms with E-state index in [4.69, 9.17) is 5.11 Å². The molecule has 0 aliphatic rings. The summed E-state index contributed by atoms with van der Waals surface area (Å²) < 4.78 is 0. The molecule has 106 valence electrons. The summed E-state index contributed by atoms with van der Waals surface area (Å²) in [6.45, 7) is 7.23. The molecule has 0 saturated heterocycles. The number of rotatable bonds is 4. The Morgan fingerprint density at radius 3 is 2.60 bits per heavy atom. The van der Waals surface area contributed by atoms with Crippen LogP contribution < -0.4 is 5.32 Å². The van der Waals surface area contributed by atoms with Gasteiger partial charge in [0, 0.05) is 11.9 Å². The molecule has 0 spiro atoms. The number of fused-ring (bicyclic) bond motifs is 1. The molecule has 0 fully saturated rings. The van der Waals surface area contributed by atoms with Gasteiger partial charge in [0.1, 0.15) is 5.82 Å². The van der Waals surface area contributed by atoms with Crippen molar-refractivity contribution in [1.82, 2.24) is 9.97 Å². The van der Waals surface area contributed by atoms with Crippen LogP contribution in [0.3, 0.4) is 0 Å². The number of aromatic carboxylic acids is 1. The molecule has 5 nitrogen and oxygen atoms in total. The maximum Gasteiger partial charge on any atom is 0.374 e. The zero-order valence-corrected chi connectivity index (χ0v) is 12.0. The van der Waals surface area contributed by atoms with E-state index in [2.05, 4.69) is 36.1 Å². The van der Waals surface area contributed by atoms with Crippen LogP contribution in [0, 0.1) is 5.41 Å². The Labute approximate surface area is 118 Å². The van der Waals surface area contributed by atoms with Crippen molar-refractivity contribution in [2.75, 3.05) is 11.9 Å². The molecule has 0 atom stereocenters. The van der Waals surface area contributed by atoms with Crippen molar-refractivity contribution in [3.63, 3.8) is 0 Å². The molecule has 1 aromatic carbocycles. The van der Waals surface area contributed by atoms with Crippen LogP contribution in [0.5, 0.6) is 0 Å². The van der Waals surface area contributed by atoms with Crippen molar-refractivity contribution in [3.8, 4) is 0 Å². The molecular formula is C15H19N3O2. The van der Waals surface area contributed by atoms with Crippen molar-refractivity contribution in [2.45, 2.75) is 27.2 Å². The summed E-state index contributed by atoms with van der Waals surface area (Å²) in [7, 11) is 0. The van der Waals surface area contributed by atoms with Gasteiger partial charge in [-0.25, -0.2) is 14.8 Å². The van der Waals surface area contributed by atoms with Crippen molar-refractivity contribution in [1.29, 1.82) is 0 Å². The molecule has 2 aromatic rings. The predicted octanol–water partition coefficient (Wildman–Crippen LogP) is 3.18. The highest BCUT2D eigenvalue weighted by Crippen LogP contribution is 2.22. The molecular weight excluding hydrogens is 254 g/mol. The Kier molecular flexibility index (Phi) is 3.88. The number of hydrogen-bond acceptors (Lipinski definition) is 4. The average molecular weight is 273 g/mol. The van der Waals surface area contributed by atoms with E-state index in [0.717, 1.165) is 18.4 Å². The molecule has 0 saturated carbocycles. The molecule has 5 heteroatoms. The number of carboxylic acids is 1. The lowest BCUT2D eigenvalue weighted by molar-refractivity contribution is 0.0684. The summed E-state index contributed by atoms with van der Waals surface area (Å²) in [5.74, 6) is -0.714. The van der Waals surface area contributed by atoms with Gasteiger partial charge < -0.3 is 10.4 Å².